The van der Waals surface area contributed by atoms with Gasteiger partial charge in [-0.05, 0) is 31.4 Å². The van der Waals surface area contributed by atoms with Crippen molar-refractivity contribution in [2.24, 2.45) is 0 Å². The van der Waals surface area contributed by atoms with Gasteiger partial charge in [-0.1, -0.05) is 0 Å². The topological polar surface area (TPSA) is 78.4 Å². The van der Waals surface area contributed by atoms with E-state index in [-0.39, 0.29) is 12.2 Å². The van der Waals surface area contributed by atoms with Gasteiger partial charge in [0.05, 0.1) is 5.60 Å². The SMILES string of the molecule is O=C(NCC1(O)CCC1)C(=O)Nc1cc(F)cc(F)c1. The molecule has 0 saturated heterocycles. The summed E-state index contributed by atoms with van der Waals surface area (Å²) in [5, 5.41) is 14.1. The van der Waals surface area contributed by atoms with Crippen molar-refractivity contribution < 1.29 is 23.5 Å². The molecule has 1 aromatic carbocycles. The van der Waals surface area contributed by atoms with E-state index < -0.39 is 29.0 Å². The van der Waals surface area contributed by atoms with Gasteiger partial charge in [-0.25, -0.2) is 8.78 Å². The van der Waals surface area contributed by atoms with Crippen molar-refractivity contribution >= 4 is 17.5 Å². The fourth-order valence-electron chi connectivity index (χ4n) is 1.90. The summed E-state index contributed by atoms with van der Waals surface area (Å²) in [6, 6.07) is 2.45. The molecular weight excluding hydrogens is 270 g/mol. The van der Waals surface area contributed by atoms with Crippen LogP contribution in [0.1, 0.15) is 19.3 Å². The number of carbonyl (C=O) groups is 2. The number of anilines is 1. The van der Waals surface area contributed by atoms with Crippen LogP contribution in [-0.2, 0) is 9.59 Å². The standard InChI is InChI=1S/C13H14F2N2O3/c14-8-4-9(15)6-10(5-8)17-12(19)11(18)16-7-13(20)2-1-3-13/h4-6,20H,1-3,7H2,(H,16,18)(H,17,19). The van der Waals surface area contributed by atoms with Crippen LogP contribution in [0.5, 0.6) is 0 Å². The third-order valence-electron chi connectivity index (χ3n) is 3.19. The summed E-state index contributed by atoms with van der Waals surface area (Å²) in [5.41, 5.74) is -1.09. The van der Waals surface area contributed by atoms with Gasteiger partial charge in [0.15, 0.2) is 0 Å². The van der Waals surface area contributed by atoms with E-state index in [1.807, 2.05) is 0 Å². The third kappa shape index (κ3) is 3.51. The van der Waals surface area contributed by atoms with E-state index in [0.717, 1.165) is 18.6 Å². The molecule has 0 radical (unpaired) electrons. The second kappa shape index (κ2) is 5.54. The van der Waals surface area contributed by atoms with E-state index in [2.05, 4.69) is 10.6 Å². The lowest BCUT2D eigenvalue weighted by Crippen LogP contribution is -2.49. The van der Waals surface area contributed by atoms with Gasteiger partial charge in [-0.3, -0.25) is 9.59 Å². The number of carbonyl (C=O) groups excluding carboxylic acids is 2. The average Bonchev–Trinajstić information content (AvgIpc) is 2.32. The molecule has 3 N–H and O–H groups in total. The molecule has 0 bridgehead atoms. The van der Waals surface area contributed by atoms with Crippen LogP contribution in [-0.4, -0.2) is 29.1 Å². The van der Waals surface area contributed by atoms with Crippen molar-refractivity contribution in [1.29, 1.82) is 0 Å². The quantitative estimate of drug-likeness (QED) is 0.723. The first-order valence-electron chi connectivity index (χ1n) is 6.16. The Hall–Kier alpha value is -2.02. The lowest BCUT2D eigenvalue weighted by atomic mass is 9.80. The maximum Gasteiger partial charge on any atom is 0.313 e. The van der Waals surface area contributed by atoms with Crippen molar-refractivity contribution in [3.8, 4) is 0 Å². The Morgan fingerprint density at radius 1 is 1.15 bits per heavy atom. The van der Waals surface area contributed by atoms with Gasteiger partial charge < -0.3 is 15.7 Å². The second-order valence-electron chi connectivity index (χ2n) is 4.87. The fraction of sp³-hybridized carbons (Fsp3) is 0.385. The van der Waals surface area contributed by atoms with Gasteiger partial charge in [0.2, 0.25) is 0 Å². The third-order valence-corrected chi connectivity index (χ3v) is 3.19. The molecule has 0 spiro atoms. The highest BCUT2D eigenvalue weighted by Gasteiger charge is 2.35. The van der Waals surface area contributed by atoms with Crippen LogP contribution in [0.2, 0.25) is 0 Å². The van der Waals surface area contributed by atoms with Crippen LogP contribution < -0.4 is 10.6 Å². The van der Waals surface area contributed by atoms with Crippen LogP contribution in [0, 0.1) is 11.6 Å². The molecule has 1 fully saturated rings. The number of hydrogen-bond acceptors (Lipinski definition) is 3. The molecule has 2 rings (SSSR count). The van der Waals surface area contributed by atoms with Gasteiger partial charge >= 0.3 is 11.8 Å². The van der Waals surface area contributed by atoms with E-state index in [4.69, 9.17) is 0 Å². The Kier molecular flexibility index (Phi) is 3.99. The predicted octanol–water partition coefficient (Wildman–Crippen LogP) is 0.934. The van der Waals surface area contributed by atoms with Crippen molar-refractivity contribution in [3.05, 3.63) is 29.8 Å². The lowest BCUT2D eigenvalue weighted by Gasteiger charge is -2.36. The molecule has 0 unspecified atom stereocenters. The minimum Gasteiger partial charge on any atom is -0.388 e. The Balaban J connectivity index is 1.88. The highest BCUT2D eigenvalue weighted by atomic mass is 19.1. The molecule has 7 heteroatoms. The molecule has 2 amide bonds. The van der Waals surface area contributed by atoms with Crippen molar-refractivity contribution in [1.82, 2.24) is 5.32 Å². The molecule has 1 aromatic rings. The van der Waals surface area contributed by atoms with Gasteiger partial charge in [0, 0.05) is 18.3 Å². The molecule has 5 nitrogen and oxygen atoms in total. The Morgan fingerprint density at radius 3 is 2.25 bits per heavy atom. The summed E-state index contributed by atoms with van der Waals surface area (Å²) < 4.78 is 25.8. The van der Waals surface area contributed by atoms with Gasteiger partial charge in [0.1, 0.15) is 11.6 Å². The largest absolute Gasteiger partial charge is 0.388 e. The second-order valence-corrected chi connectivity index (χ2v) is 4.87. The summed E-state index contributed by atoms with van der Waals surface area (Å²) in [5.74, 6) is -3.72. The van der Waals surface area contributed by atoms with E-state index in [0.29, 0.717) is 18.9 Å². The van der Waals surface area contributed by atoms with E-state index in [1.165, 1.54) is 0 Å². The first kappa shape index (κ1) is 14.4. The van der Waals surface area contributed by atoms with E-state index in [1.54, 1.807) is 0 Å². The lowest BCUT2D eigenvalue weighted by molar-refractivity contribution is -0.137. The molecule has 1 aliphatic carbocycles. The molecule has 1 saturated carbocycles. The summed E-state index contributed by atoms with van der Waals surface area (Å²) >= 11 is 0. The maximum absolute atomic E-state index is 12.9. The normalized spacial score (nSPS) is 16.1. The number of aliphatic hydroxyl groups is 1. The molecule has 1 aliphatic rings. The average molecular weight is 284 g/mol. The van der Waals surface area contributed by atoms with Crippen LogP contribution >= 0.6 is 0 Å². The number of benzene rings is 1. The molecule has 20 heavy (non-hydrogen) atoms. The van der Waals surface area contributed by atoms with E-state index >= 15 is 0 Å². The Labute approximate surface area is 114 Å². The fourth-order valence-corrected chi connectivity index (χ4v) is 1.90. The minimum atomic E-state index is -1.04. The van der Waals surface area contributed by atoms with Crippen LogP contribution in [0.25, 0.3) is 0 Å². The predicted molar refractivity (Wildman–Crippen MR) is 66.8 cm³/mol. The number of nitrogens with one attached hydrogen (secondary N) is 2. The monoisotopic (exact) mass is 284 g/mol. The first-order chi connectivity index (χ1) is 9.38. The summed E-state index contributed by atoms with van der Waals surface area (Å²) in [6.07, 6.45) is 2.02. The number of amides is 2. The smallest absolute Gasteiger partial charge is 0.313 e. The Bertz CT molecular complexity index is 524. The summed E-state index contributed by atoms with van der Waals surface area (Å²) in [4.78, 5) is 23.0. The highest BCUT2D eigenvalue weighted by Crippen LogP contribution is 2.30. The van der Waals surface area contributed by atoms with Gasteiger partial charge in [-0.2, -0.15) is 0 Å². The molecule has 0 atom stereocenters. The van der Waals surface area contributed by atoms with Gasteiger partial charge in [-0.15, -0.1) is 0 Å². The molecule has 0 aliphatic heterocycles. The number of halogens is 2. The molecular formula is C13H14F2N2O3. The van der Waals surface area contributed by atoms with Crippen LogP contribution in [0.15, 0.2) is 18.2 Å². The molecule has 108 valence electrons. The van der Waals surface area contributed by atoms with E-state index in [9.17, 15) is 23.5 Å². The zero-order valence-corrected chi connectivity index (χ0v) is 10.6. The highest BCUT2D eigenvalue weighted by molar-refractivity contribution is 6.39. The van der Waals surface area contributed by atoms with Crippen LogP contribution in [0.4, 0.5) is 14.5 Å². The zero-order valence-electron chi connectivity index (χ0n) is 10.6. The molecule has 0 aromatic heterocycles. The first-order valence-corrected chi connectivity index (χ1v) is 6.16. The molecule has 0 heterocycles. The zero-order chi connectivity index (χ0) is 14.8. The van der Waals surface area contributed by atoms with Crippen LogP contribution in [0.3, 0.4) is 0 Å². The Morgan fingerprint density at radius 2 is 1.75 bits per heavy atom. The summed E-state index contributed by atoms with van der Waals surface area (Å²) in [7, 11) is 0. The minimum absolute atomic E-state index is 0.0171. The number of rotatable bonds is 3. The van der Waals surface area contributed by atoms with Crippen molar-refractivity contribution in [3.63, 3.8) is 0 Å². The van der Waals surface area contributed by atoms with Gasteiger partial charge in [0.25, 0.3) is 0 Å². The maximum atomic E-state index is 12.9. The number of hydrogen-bond donors (Lipinski definition) is 3. The van der Waals surface area contributed by atoms with Crippen molar-refractivity contribution in [2.75, 3.05) is 11.9 Å². The van der Waals surface area contributed by atoms with Crippen molar-refractivity contribution in [2.45, 2.75) is 24.9 Å². The summed E-state index contributed by atoms with van der Waals surface area (Å²) in [6.45, 7) is -0.0171.